The molecule has 2 aliphatic rings. The molecule has 0 atom stereocenters. The molecule has 1 N–H and O–H groups in total. The molecular formula is C14H16F3NS. The predicted octanol–water partition coefficient (Wildman–Crippen LogP) is 4.93. The van der Waals surface area contributed by atoms with Crippen LogP contribution in [0.4, 0.5) is 18.9 Å². The van der Waals surface area contributed by atoms with Gasteiger partial charge in [-0.15, -0.1) is 11.8 Å². The van der Waals surface area contributed by atoms with Gasteiger partial charge in [-0.05, 0) is 25.0 Å². The smallest absolute Gasteiger partial charge is 0.383 e. The Morgan fingerprint density at radius 1 is 1.11 bits per heavy atom. The molecule has 0 aromatic heterocycles. The quantitative estimate of drug-likeness (QED) is 0.726. The maximum atomic E-state index is 13.1. The van der Waals surface area contributed by atoms with Crippen LogP contribution in [0.2, 0.25) is 0 Å². The number of rotatable bonds is 0. The molecule has 1 saturated carbocycles. The number of nitrogens with one attached hydrogen (secondary N) is 1. The molecule has 1 fully saturated rings. The molecule has 5 heteroatoms. The minimum Gasteiger partial charge on any atom is -0.383 e. The van der Waals surface area contributed by atoms with Crippen LogP contribution in [-0.4, -0.2) is 11.3 Å². The molecule has 104 valence electrons. The molecule has 1 aliphatic carbocycles. The van der Waals surface area contributed by atoms with Crippen LogP contribution in [0.15, 0.2) is 23.1 Å². The molecule has 0 amide bonds. The number of halogens is 3. The number of fused-ring (bicyclic) bond motifs is 1. The largest absolute Gasteiger partial charge is 0.417 e. The van der Waals surface area contributed by atoms with Gasteiger partial charge in [-0.1, -0.05) is 25.3 Å². The molecule has 1 spiro atoms. The van der Waals surface area contributed by atoms with Gasteiger partial charge in [-0.3, -0.25) is 0 Å². The van der Waals surface area contributed by atoms with Gasteiger partial charge in [0.1, 0.15) is 0 Å². The first-order valence-corrected chi connectivity index (χ1v) is 7.45. The topological polar surface area (TPSA) is 12.0 Å². The Morgan fingerprint density at radius 3 is 2.53 bits per heavy atom. The molecule has 19 heavy (non-hydrogen) atoms. The zero-order valence-electron chi connectivity index (χ0n) is 10.5. The zero-order valence-corrected chi connectivity index (χ0v) is 11.3. The van der Waals surface area contributed by atoms with Crippen LogP contribution in [0.5, 0.6) is 0 Å². The number of hydrogen-bond donors (Lipinski definition) is 1. The standard InChI is InChI=1S/C14H16F3NS/c15-14(16,17)10-5-4-6-11-12(10)19-13(9-18-11)7-2-1-3-8-13/h4-6,18H,1-3,7-9H2. The van der Waals surface area contributed by atoms with E-state index in [0.717, 1.165) is 32.2 Å². The Bertz CT molecular complexity index is 478. The second-order valence-corrected chi connectivity index (χ2v) is 6.86. The van der Waals surface area contributed by atoms with Gasteiger partial charge >= 0.3 is 6.18 Å². The molecule has 1 heterocycles. The van der Waals surface area contributed by atoms with Gasteiger partial charge in [-0.2, -0.15) is 13.2 Å². The number of thioether (sulfide) groups is 1. The summed E-state index contributed by atoms with van der Waals surface area (Å²) in [7, 11) is 0. The Hall–Kier alpha value is -0.840. The first-order chi connectivity index (χ1) is 9.00. The van der Waals surface area contributed by atoms with Gasteiger partial charge < -0.3 is 5.32 Å². The van der Waals surface area contributed by atoms with Crippen LogP contribution in [-0.2, 0) is 6.18 Å². The van der Waals surface area contributed by atoms with Crippen LogP contribution in [0.25, 0.3) is 0 Å². The van der Waals surface area contributed by atoms with Crippen molar-refractivity contribution in [3.63, 3.8) is 0 Å². The molecular weight excluding hydrogens is 271 g/mol. The number of alkyl halides is 3. The molecule has 0 unspecified atom stereocenters. The molecule has 1 aromatic carbocycles. The zero-order chi connectivity index (χ0) is 13.5. The summed E-state index contributed by atoms with van der Waals surface area (Å²) in [5.74, 6) is 0. The van der Waals surface area contributed by atoms with E-state index < -0.39 is 11.7 Å². The Kier molecular flexibility index (Phi) is 3.20. The van der Waals surface area contributed by atoms with E-state index in [4.69, 9.17) is 0 Å². The van der Waals surface area contributed by atoms with Crippen molar-refractivity contribution >= 4 is 17.4 Å². The second-order valence-electron chi connectivity index (χ2n) is 5.38. The Labute approximate surface area is 115 Å². The molecule has 0 radical (unpaired) electrons. The lowest BCUT2D eigenvalue weighted by Crippen LogP contribution is -2.38. The SMILES string of the molecule is FC(F)(F)c1cccc2c1SC1(CCCCC1)CN2. The van der Waals surface area contributed by atoms with Gasteiger partial charge in [0.2, 0.25) is 0 Å². The van der Waals surface area contributed by atoms with Crippen LogP contribution < -0.4 is 5.32 Å². The van der Waals surface area contributed by atoms with E-state index in [0.29, 0.717) is 10.6 Å². The van der Waals surface area contributed by atoms with E-state index in [1.165, 1.54) is 30.3 Å². The van der Waals surface area contributed by atoms with Gasteiger partial charge in [0, 0.05) is 21.9 Å². The number of hydrogen-bond acceptors (Lipinski definition) is 2. The van der Waals surface area contributed by atoms with Crippen molar-refractivity contribution in [2.24, 2.45) is 0 Å². The molecule has 0 bridgehead atoms. The third kappa shape index (κ3) is 2.45. The highest BCUT2D eigenvalue weighted by molar-refractivity contribution is 8.01. The minimum absolute atomic E-state index is 0.0351. The molecule has 1 aromatic rings. The van der Waals surface area contributed by atoms with Crippen LogP contribution in [0, 0.1) is 0 Å². The van der Waals surface area contributed by atoms with Crippen LogP contribution >= 0.6 is 11.8 Å². The van der Waals surface area contributed by atoms with Crippen molar-refractivity contribution in [2.75, 3.05) is 11.9 Å². The summed E-state index contributed by atoms with van der Waals surface area (Å²) in [6.07, 6.45) is 1.20. The van der Waals surface area contributed by atoms with Crippen molar-refractivity contribution < 1.29 is 13.2 Å². The fourth-order valence-corrected chi connectivity index (χ4v) is 4.61. The second kappa shape index (κ2) is 4.62. The van der Waals surface area contributed by atoms with Gasteiger partial charge in [0.25, 0.3) is 0 Å². The van der Waals surface area contributed by atoms with Crippen molar-refractivity contribution in [3.05, 3.63) is 23.8 Å². The fraction of sp³-hybridized carbons (Fsp3) is 0.571. The third-order valence-corrected chi connectivity index (χ3v) is 5.63. The summed E-state index contributed by atoms with van der Waals surface area (Å²) >= 11 is 1.45. The summed E-state index contributed by atoms with van der Waals surface area (Å²) in [6.45, 7) is 0.784. The summed E-state index contributed by atoms with van der Waals surface area (Å²) in [6, 6.07) is 4.41. The van der Waals surface area contributed by atoms with Crippen molar-refractivity contribution in [3.8, 4) is 0 Å². The van der Waals surface area contributed by atoms with Gasteiger partial charge in [-0.25, -0.2) is 0 Å². The molecule has 1 aliphatic heterocycles. The van der Waals surface area contributed by atoms with Crippen molar-refractivity contribution in [1.29, 1.82) is 0 Å². The Morgan fingerprint density at radius 2 is 1.84 bits per heavy atom. The highest BCUT2D eigenvalue weighted by Crippen LogP contribution is 2.52. The van der Waals surface area contributed by atoms with E-state index in [9.17, 15) is 13.2 Å². The lowest BCUT2D eigenvalue weighted by Gasteiger charge is -2.41. The van der Waals surface area contributed by atoms with E-state index in [1.807, 2.05) is 0 Å². The van der Waals surface area contributed by atoms with E-state index in [1.54, 1.807) is 6.07 Å². The summed E-state index contributed by atoms with van der Waals surface area (Å²) in [5, 5.41) is 3.21. The third-order valence-electron chi connectivity index (χ3n) is 4.00. The molecule has 1 nitrogen and oxygen atoms in total. The minimum atomic E-state index is -4.27. The normalized spacial score (nSPS) is 21.8. The van der Waals surface area contributed by atoms with Gasteiger partial charge in [0.15, 0.2) is 0 Å². The van der Waals surface area contributed by atoms with E-state index in [2.05, 4.69) is 5.32 Å². The van der Waals surface area contributed by atoms with Gasteiger partial charge in [0.05, 0.1) is 5.56 Å². The number of anilines is 1. The highest BCUT2D eigenvalue weighted by atomic mass is 32.2. The van der Waals surface area contributed by atoms with Crippen LogP contribution in [0.1, 0.15) is 37.7 Å². The molecule has 0 saturated heterocycles. The first-order valence-electron chi connectivity index (χ1n) is 6.63. The maximum Gasteiger partial charge on any atom is 0.417 e. The van der Waals surface area contributed by atoms with Crippen molar-refractivity contribution in [1.82, 2.24) is 0 Å². The predicted molar refractivity (Wildman–Crippen MR) is 71.6 cm³/mol. The van der Waals surface area contributed by atoms with Crippen molar-refractivity contribution in [2.45, 2.75) is 47.9 Å². The fourth-order valence-electron chi connectivity index (χ4n) is 2.99. The lowest BCUT2D eigenvalue weighted by molar-refractivity contribution is -0.139. The monoisotopic (exact) mass is 287 g/mol. The maximum absolute atomic E-state index is 13.1. The number of benzene rings is 1. The van der Waals surface area contributed by atoms with E-state index >= 15 is 0 Å². The highest BCUT2D eigenvalue weighted by Gasteiger charge is 2.42. The molecule has 3 rings (SSSR count). The summed E-state index contributed by atoms with van der Waals surface area (Å²) < 4.78 is 39.2. The van der Waals surface area contributed by atoms with Crippen LogP contribution in [0.3, 0.4) is 0 Å². The lowest BCUT2D eigenvalue weighted by atomic mass is 9.88. The Balaban J connectivity index is 1.98. The average molecular weight is 287 g/mol. The summed E-state index contributed by atoms with van der Waals surface area (Å²) in [4.78, 5) is 0.392. The summed E-state index contributed by atoms with van der Waals surface area (Å²) in [5.41, 5.74) is 0.142. The van der Waals surface area contributed by atoms with E-state index in [-0.39, 0.29) is 4.75 Å². The average Bonchev–Trinajstić information content (AvgIpc) is 2.38. The first kappa shape index (κ1) is 13.2.